The smallest absolute Gasteiger partial charge is 0.462 e. The molecule has 0 spiro atoms. The highest BCUT2D eigenvalue weighted by Crippen LogP contribution is 2.37. The van der Waals surface area contributed by atoms with Crippen LogP contribution >= 0.6 is 7.82 Å². The first-order valence-electron chi connectivity index (χ1n) is 22.7. The average Bonchev–Trinajstić information content (AvgIpc) is 3.42. The van der Waals surface area contributed by atoms with Crippen molar-refractivity contribution in [3.63, 3.8) is 0 Å². The van der Waals surface area contributed by atoms with Gasteiger partial charge in [0.2, 0.25) is 0 Å². The lowest BCUT2D eigenvalue weighted by molar-refractivity contribution is -0.161. The number of carbonyl (C=O) groups excluding carboxylic acids is 2. The standard InChI is InChI=1S/C45H83O11P/c1-4-5-22-28-38(46)32-33-41-40(42(47)34-43(41)48)29-24-20-21-26-31-45(50)56-39(36-55-57(51,52)53)35-54-44(49)30-25-19-17-15-13-11-9-7-6-8-10-12-14-16-18-23-27-37(2)3/h20,24,32-33,37-43,46-48H,4-19,21-23,25-31,34-36H2,1-3H3,(H2,51,52,53)/b24-20+,33-32+/t38-,39+,40+,41+,42-,43+/m0/s1. The monoisotopic (exact) mass is 831 g/mol. The van der Waals surface area contributed by atoms with Crippen molar-refractivity contribution in [2.45, 2.75) is 219 Å². The second-order valence-electron chi connectivity index (χ2n) is 16.8. The SMILES string of the molecule is CCCCC[C@H](O)/C=C/[C@@H]1[C@@H](C/C=C/CCCC(=O)O[C@H](COC(=O)CCCCCCCCCCCCCCCCCCC(C)C)COP(=O)(O)O)[C@@H](O)C[C@H]1O. The number of hydrogen-bond acceptors (Lipinski definition) is 9. The van der Waals surface area contributed by atoms with Crippen molar-refractivity contribution >= 4 is 19.8 Å². The first-order valence-corrected chi connectivity index (χ1v) is 24.3. The topological polar surface area (TPSA) is 180 Å². The van der Waals surface area contributed by atoms with E-state index in [1.54, 1.807) is 6.08 Å². The van der Waals surface area contributed by atoms with E-state index in [0.717, 1.165) is 44.4 Å². The number of phosphoric ester groups is 1. The summed E-state index contributed by atoms with van der Waals surface area (Å²) >= 11 is 0. The van der Waals surface area contributed by atoms with Crippen molar-refractivity contribution in [3.8, 4) is 0 Å². The van der Waals surface area contributed by atoms with Gasteiger partial charge in [-0.25, -0.2) is 4.57 Å². The molecule has 0 aromatic carbocycles. The molecule has 1 saturated carbocycles. The van der Waals surface area contributed by atoms with Gasteiger partial charge in [0.25, 0.3) is 0 Å². The summed E-state index contributed by atoms with van der Waals surface area (Å²) in [5.74, 6) is -0.661. The molecule has 11 nitrogen and oxygen atoms in total. The predicted octanol–water partition coefficient (Wildman–Crippen LogP) is 10.2. The molecule has 0 aliphatic heterocycles. The number of hydrogen-bond donors (Lipinski definition) is 5. The third kappa shape index (κ3) is 31.0. The number of esters is 2. The molecule has 1 aliphatic carbocycles. The van der Waals surface area contributed by atoms with Crippen LogP contribution in [0.15, 0.2) is 24.3 Å². The third-order valence-corrected chi connectivity index (χ3v) is 11.5. The van der Waals surface area contributed by atoms with Crippen LogP contribution in [-0.2, 0) is 28.2 Å². The molecule has 0 saturated heterocycles. The van der Waals surface area contributed by atoms with Crippen LogP contribution < -0.4 is 0 Å². The minimum Gasteiger partial charge on any atom is -0.462 e. The fourth-order valence-corrected chi connectivity index (χ4v) is 7.85. The molecule has 57 heavy (non-hydrogen) atoms. The van der Waals surface area contributed by atoms with Gasteiger partial charge in [-0.15, -0.1) is 0 Å². The minimum atomic E-state index is -4.82. The largest absolute Gasteiger partial charge is 0.469 e. The molecule has 1 fully saturated rings. The first kappa shape index (κ1) is 53.4. The van der Waals surface area contributed by atoms with E-state index < -0.39 is 50.8 Å². The Morgan fingerprint density at radius 2 is 1.25 bits per heavy atom. The molecule has 0 bridgehead atoms. The Bertz CT molecular complexity index is 1110. The lowest BCUT2D eigenvalue weighted by Crippen LogP contribution is -2.29. The van der Waals surface area contributed by atoms with E-state index in [9.17, 15) is 29.5 Å². The quantitative estimate of drug-likeness (QED) is 0.0174. The van der Waals surface area contributed by atoms with E-state index in [0.29, 0.717) is 32.1 Å². The van der Waals surface area contributed by atoms with Crippen molar-refractivity contribution in [2.75, 3.05) is 13.2 Å². The lowest BCUT2D eigenvalue weighted by Gasteiger charge is -2.19. The van der Waals surface area contributed by atoms with Crippen LogP contribution in [0.3, 0.4) is 0 Å². The summed E-state index contributed by atoms with van der Waals surface area (Å²) in [6.07, 6.45) is 31.4. The van der Waals surface area contributed by atoms with Gasteiger partial charge in [0, 0.05) is 25.2 Å². The zero-order valence-corrected chi connectivity index (χ0v) is 36.9. The number of unbranched alkanes of at least 4 members (excludes halogenated alkanes) is 18. The molecule has 334 valence electrons. The zero-order chi connectivity index (χ0) is 42.2. The van der Waals surface area contributed by atoms with E-state index in [2.05, 4.69) is 25.3 Å². The fourth-order valence-electron chi connectivity index (χ4n) is 7.49. The number of aliphatic hydroxyl groups excluding tert-OH is 3. The van der Waals surface area contributed by atoms with Crippen molar-refractivity contribution in [1.82, 2.24) is 0 Å². The predicted molar refractivity (Wildman–Crippen MR) is 227 cm³/mol. The highest BCUT2D eigenvalue weighted by molar-refractivity contribution is 7.46. The fraction of sp³-hybridized carbons (Fsp3) is 0.867. The third-order valence-electron chi connectivity index (χ3n) is 11.0. The first-order chi connectivity index (χ1) is 27.3. The van der Waals surface area contributed by atoms with Gasteiger partial charge in [-0.05, 0) is 43.9 Å². The maximum absolute atomic E-state index is 12.5. The van der Waals surface area contributed by atoms with Crippen LogP contribution in [-0.4, -0.2) is 74.7 Å². The Balaban J connectivity index is 2.23. The van der Waals surface area contributed by atoms with Gasteiger partial charge in [-0.3, -0.25) is 14.1 Å². The molecule has 0 aromatic rings. The molecule has 0 amide bonds. The Morgan fingerprint density at radius 1 is 0.702 bits per heavy atom. The van der Waals surface area contributed by atoms with E-state index >= 15 is 0 Å². The van der Waals surface area contributed by atoms with Crippen LogP contribution in [0, 0.1) is 17.8 Å². The summed E-state index contributed by atoms with van der Waals surface area (Å²) < 4.78 is 26.4. The highest BCUT2D eigenvalue weighted by Gasteiger charge is 2.39. The number of rotatable bonds is 37. The molecule has 12 heteroatoms. The van der Waals surface area contributed by atoms with Gasteiger partial charge in [-0.2, -0.15) is 0 Å². The van der Waals surface area contributed by atoms with Crippen LogP contribution in [0.25, 0.3) is 0 Å². The van der Waals surface area contributed by atoms with E-state index in [1.165, 1.54) is 83.5 Å². The van der Waals surface area contributed by atoms with E-state index in [1.807, 2.05) is 18.2 Å². The molecule has 0 radical (unpaired) electrons. The molecule has 0 unspecified atom stereocenters. The Morgan fingerprint density at radius 3 is 1.81 bits per heavy atom. The van der Waals surface area contributed by atoms with Gasteiger partial charge < -0.3 is 34.6 Å². The summed E-state index contributed by atoms with van der Waals surface area (Å²) in [6, 6.07) is 0. The van der Waals surface area contributed by atoms with Crippen molar-refractivity contribution in [3.05, 3.63) is 24.3 Å². The number of aliphatic hydroxyl groups is 3. The number of carbonyl (C=O) groups is 2. The van der Waals surface area contributed by atoms with Gasteiger partial charge in [0.1, 0.15) is 6.61 Å². The summed E-state index contributed by atoms with van der Waals surface area (Å²) in [6.45, 7) is 5.75. The van der Waals surface area contributed by atoms with Crippen molar-refractivity contribution in [1.29, 1.82) is 0 Å². The van der Waals surface area contributed by atoms with Crippen LogP contribution in [0.1, 0.15) is 194 Å². The molecule has 0 aromatic heterocycles. The van der Waals surface area contributed by atoms with Crippen molar-refractivity contribution in [2.24, 2.45) is 17.8 Å². The van der Waals surface area contributed by atoms with Crippen LogP contribution in [0.4, 0.5) is 0 Å². The van der Waals surface area contributed by atoms with E-state index in [-0.39, 0.29) is 37.7 Å². The normalized spacial score (nSPS) is 19.9. The summed E-state index contributed by atoms with van der Waals surface area (Å²) in [7, 11) is -4.82. The summed E-state index contributed by atoms with van der Waals surface area (Å²) in [5, 5.41) is 31.2. The minimum absolute atomic E-state index is 0.0373. The molecular formula is C45H83O11P. The number of allylic oxidation sites excluding steroid dienone is 2. The second-order valence-corrected chi connectivity index (χ2v) is 18.1. The number of ether oxygens (including phenoxy) is 2. The number of phosphoric acid groups is 1. The molecule has 1 rings (SSSR count). The highest BCUT2D eigenvalue weighted by atomic mass is 31.2. The van der Waals surface area contributed by atoms with Gasteiger partial charge in [-0.1, -0.05) is 167 Å². The van der Waals surface area contributed by atoms with Crippen LogP contribution in [0.5, 0.6) is 0 Å². The Hall–Kier alpha value is -1.59. The van der Waals surface area contributed by atoms with Gasteiger partial charge in [0.05, 0.1) is 24.9 Å². The molecule has 6 atom stereocenters. The summed E-state index contributed by atoms with van der Waals surface area (Å²) in [5.41, 5.74) is 0. The van der Waals surface area contributed by atoms with E-state index in [4.69, 9.17) is 19.3 Å². The summed E-state index contributed by atoms with van der Waals surface area (Å²) in [4.78, 5) is 43.2. The lowest BCUT2D eigenvalue weighted by atomic mass is 9.89. The molecule has 1 aliphatic rings. The van der Waals surface area contributed by atoms with Crippen LogP contribution in [0.2, 0.25) is 0 Å². The van der Waals surface area contributed by atoms with Gasteiger partial charge in [0.15, 0.2) is 6.10 Å². The maximum atomic E-state index is 12.5. The second kappa shape index (κ2) is 34.2. The van der Waals surface area contributed by atoms with Gasteiger partial charge >= 0.3 is 19.8 Å². The Labute approximate surface area is 346 Å². The van der Waals surface area contributed by atoms with Crippen molar-refractivity contribution < 1.29 is 53.3 Å². The Kier molecular flexibility index (Phi) is 32.0. The average molecular weight is 831 g/mol. The molecule has 0 heterocycles. The molecule has 5 N–H and O–H groups in total. The maximum Gasteiger partial charge on any atom is 0.469 e. The molecular weight excluding hydrogens is 747 g/mol. The zero-order valence-electron chi connectivity index (χ0n) is 36.0.